The molecule has 7 heteroatoms. The first-order chi connectivity index (χ1) is 18.3. The average Bonchev–Trinajstić information content (AvgIpc) is 3.39. The highest BCUT2D eigenvalue weighted by molar-refractivity contribution is 5.91. The summed E-state index contributed by atoms with van der Waals surface area (Å²) < 4.78 is 19.6. The van der Waals surface area contributed by atoms with E-state index in [4.69, 9.17) is 19.2 Å². The molecular formula is C30H22N4O3. The molecule has 0 N–H and O–H groups in total. The number of benzene rings is 4. The molecular weight excluding hydrogens is 464 g/mol. The Bertz CT molecular complexity index is 1760. The third-order valence-electron chi connectivity index (χ3n) is 6.70. The Hall–Kier alpha value is -4.91. The van der Waals surface area contributed by atoms with Gasteiger partial charge in [0.2, 0.25) is 5.88 Å². The third-order valence-corrected chi connectivity index (χ3v) is 6.70. The van der Waals surface area contributed by atoms with Crippen LogP contribution in [0.4, 0.5) is 0 Å². The van der Waals surface area contributed by atoms with Crippen molar-refractivity contribution in [1.29, 1.82) is 0 Å². The van der Waals surface area contributed by atoms with Gasteiger partial charge in [-0.25, -0.2) is 14.5 Å². The lowest BCUT2D eigenvalue weighted by molar-refractivity contribution is 0.276. The summed E-state index contributed by atoms with van der Waals surface area (Å²) in [5.74, 6) is 3.08. The molecule has 0 amide bonds. The maximum atomic E-state index is 6.48. The minimum absolute atomic E-state index is 0.118. The average molecular weight is 487 g/mol. The number of hydrogen-bond acceptors (Lipinski definition) is 6. The Kier molecular flexibility index (Phi) is 4.99. The van der Waals surface area contributed by atoms with Gasteiger partial charge in [-0.3, -0.25) is 0 Å². The van der Waals surface area contributed by atoms with E-state index in [9.17, 15) is 0 Å². The smallest absolute Gasteiger partial charge is 0.228 e. The molecule has 0 saturated carbocycles. The van der Waals surface area contributed by atoms with E-state index in [2.05, 4.69) is 58.6 Å². The van der Waals surface area contributed by atoms with E-state index in [-0.39, 0.29) is 12.5 Å². The quantitative estimate of drug-likeness (QED) is 0.291. The second kappa shape index (κ2) is 8.64. The predicted molar refractivity (Wildman–Crippen MR) is 140 cm³/mol. The van der Waals surface area contributed by atoms with Gasteiger partial charge in [-0.1, -0.05) is 78.9 Å². The third kappa shape index (κ3) is 3.55. The van der Waals surface area contributed by atoms with Crippen LogP contribution < -0.4 is 14.2 Å². The van der Waals surface area contributed by atoms with Gasteiger partial charge in [0.1, 0.15) is 18.7 Å². The highest BCUT2D eigenvalue weighted by atomic mass is 16.5. The second-order valence-corrected chi connectivity index (χ2v) is 8.85. The maximum Gasteiger partial charge on any atom is 0.228 e. The van der Waals surface area contributed by atoms with E-state index < -0.39 is 0 Å². The summed E-state index contributed by atoms with van der Waals surface area (Å²) in [6, 6.07) is 30.4. The zero-order chi connectivity index (χ0) is 24.8. The number of methoxy groups -OCH3 is 1. The maximum absolute atomic E-state index is 6.48. The van der Waals surface area contributed by atoms with Crippen LogP contribution in [0.25, 0.3) is 16.4 Å². The zero-order valence-electron chi connectivity index (χ0n) is 20.0. The molecule has 7 nitrogen and oxygen atoms in total. The molecule has 0 aliphatic carbocycles. The van der Waals surface area contributed by atoms with Gasteiger partial charge in [0.05, 0.1) is 12.7 Å². The van der Waals surface area contributed by atoms with Crippen LogP contribution in [-0.2, 0) is 6.61 Å². The van der Waals surface area contributed by atoms with E-state index >= 15 is 0 Å². The Balaban J connectivity index is 1.36. The number of ether oxygens (including phenoxy) is 3. The van der Waals surface area contributed by atoms with Crippen molar-refractivity contribution in [3.05, 3.63) is 120 Å². The van der Waals surface area contributed by atoms with Gasteiger partial charge < -0.3 is 14.2 Å². The van der Waals surface area contributed by atoms with Gasteiger partial charge >= 0.3 is 0 Å². The van der Waals surface area contributed by atoms with E-state index in [1.54, 1.807) is 18.0 Å². The van der Waals surface area contributed by atoms with Crippen LogP contribution in [0.1, 0.15) is 28.4 Å². The Morgan fingerprint density at radius 3 is 2.51 bits per heavy atom. The topological polar surface area (TPSA) is 70.8 Å². The number of para-hydroxylation sites is 2. The molecule has 2 aromatic heterocycles. The Morgan fingerprint density at radius 2 is 1.65 bits per heavy atom. The molecule has 1 atom stereocenters. The Morgan fingerprint density at radius 1 is 0.865 bits per heavy atom. The summed E-state index contributed by atoms with van der Waals surface area (Å²) >= 11 is 0. The molecule has 37 heavy (non-hydrogen) atoms. The van der Waals surface area contributed by atoms with Crippen LogP contribution in [0.2, 0.25) is 0 Å². The van der Waals surface area contributed by atoms with Gasteiger partial charge in [0.25, 0.3) is 0 Å². The lowest BCUT2D eigenvalue weighted by Crippen LogP contribution is -2.15. The van der Waals surface area contributed by atoms with E-state index in [1.807, 2.05) is 42.5 Å². The summed E-state index contributed by atoms with van der Waals surface area (Å²) in [7, 11) is 1.62. The van der Waals surface area contributed by atoms with Crippen LogP contribution in [0.3, 0.4) is 0 Å². The summed E-state index contributed by atoms with van der Waals surface area (Å²) in [5.41, 5.74) is 3.78. The first-order valence-corrected chi connectivity index (χ1v) is 12.0. The number of rotatable bonds is 5. The molecule has 0 fully saturated rings. The Labute approximate surface area is 212 Å². The summed E-state index contributed by atoms with van der Waals surface area (Å²) in [6.45, 7) is 0.189. The summed E-state index contributed by atoms with van der Waals surface area (Å²) in [4.78, 5) is 9.54. The van der Waals surface area contributed by atoms with Crippen molar-refractivity contribution in [2.75, 3.05) is 7.11 Å². The van der Waals surface area contributed by atoms with Gasteiger partial charge in [-0.15, -0.1) is 5.10 Å². The van der Waals surface area contributed by atoms with E-state index in [1.165, 1.54) is 0 Å². The number of hydrogen-bond donors (Lipinski definition) is 0. The molecule has 0 bridgehead atoms. The fraction of sp³-hybridized carbons (Fsp3) is 0.100. The van der Waals surface area contributed by atoms with Crippen LogP contribution in [0.15, 0.2) is 97.3 Å². The van der Waals surface area contributed by atoms with Crippen molar-refractivity contribution in [3.63, 3.8) is 0 Å². The van der Waals surface area contributed by atoms with Crippen molar-refractivity contribution in [2.45, 2.75) is 12.5 Å². The van der Waals surface area contributed by atoms with Crippen molar-refractivity contribution in [2.24, 2.45) is 0 Å². The first-order valence-electron chi connectivity index (χ1n) is 12.0. The molecule has 7 rings (SSSR count). The van der Waals surface area contributed by atoms with Gasteiger partial charge in [0.15, 0.2) is 23.0 Å². The fourth-order valence-electron chi connectivity index (χ4n) is 5.02. The zero-order valence-corrected chi connectivity index (χ0v) is 20.0. The van der Waals surface area contributed by atoms with E-state index in [0.717, 1.165) is 33.2 Å². The van der Waals surface area contributed by atoms with Crippen LogP contribution in [0, 0.1) is 0 Å². The van der Waals surface area contributed by atoms with Gasteiger partial charge in [-0.2, -0.15) is 0 Å². The summed E-state index contributed by atoms with van der Waals surface area (Å²) in [6.07, 6.45) is 1.64. The first kappa shape index (κ1) is 21.4. The number of fused-ring (bicyclic) bond motifs is 6. The minimum Gasteiger partial charge on any atom is -0.493 e. The van der Waals surface area contributed by atoms with Crippen LogP contribution in [-0.4, -0.2) is 26.7 Å². The molecule has 0 spiro atoms. The lowest BCUT2D eigenvalue weighted by atomic mass is 9.83. The SMILES string of the molecule is COc1ccccc1OCc1nc2c3c(ncn2n1)Oc1c(ccc2ccccc12)[C@H]3c1ccccc1. The molecule has 1 aliphatic heterocycles. The van der Waals surface area contributed by atoms with Crippen molar-refractivity contribution in [1.82, 2.24) is 19.6 Å². The largest absolute Gasteiger partial charge is 0.493 e. The highest BCUT2D eigenvalue weighted by Crippen LogP contribution is 2.50. The van der Waals surface area contributed by atoms with Gasteiger partial charge in [0, 0.05) is 16.9 Å². The van der Waals surface area contributed by atoms with Crippen molar-refractivity contribution in [3.8, 4) is 23.1 Å². The van der Waals surface area contributed by atoms with Crippen LogP contribution >= 0.6 is 0 Å². The molecule has 0 radical (unpaired) electrons. The van der Waals surface area contributed by atoms with Gasteiger partial charge in [-0.05, 0) is 23.1 Å². The predicted octanol–water partition coefficient (Wildman–Crippen LogP) is 6.15. The molecule has 0 unspecified atom stereocenters. The second-order valence-electron chi connectivity index (χ2n) is 8.85. The highest BCUT2D eigenvalue weighted by Gasteiger charge is 2.34. The molecule has 3 heterocycles. The molecule has 4 aromatic carbocycles. The van der Waals surface area contributed by atoms with E-state index in [0.29, 0.717) is 28.9 Å². The molecule has 0 saturated heterocycles. The standard InChI is InChI=1S/C30H22N4O3/c1-35-23-13-7-8-14-24(23)36-17-25-32-29-27-26(20-10-3-2-4-11-20)22-16-15-19-9-5-6-12-21(19)28(22)37-30(27)31-18-34(29)33-25/h2-16,18,26H,17H2,1H3/t26-/m1/s1. The molecule has 180 valence electrons. The fourth-order valence-corrected chi connectivity index (χ4v) is 5.02. The van der Waals surface area contributed by atoms with Crippen molar-refractivity contribution >= 4 is 16.4 Å². The molecule has 6 aromatic rings. The number of nitrogens with zero attached hydrogens (tertiary/aromatic N) is 4. The summed E-state index contributed by atoms with van der Waals surface area (Å²) in [5, 5.41) is 6.82. The monoisotopic (exact) mass is 486 g/mol. The number of aromatic nitrogens is 4. The lowest BCUT2D eigenvalue weighted by Gasteiger charge is -2.28. The molecule has 1 aliphatic rings. The minimum atomic E-state index is -0.118. The van der Waals surface area contributed by atoms with Crippen LogP contribution in [0.5, 0.6) is 23.1 Å². The van der Waals surface area contributed by atoms with Crippen molar-refractivity contribution < 1.29 is 14.2 Å². The normalized spacial score (nSPS) is 14.1.